The average Bonchev–Trinajstić information content (AvgIpc) is 2.14. The summed E-state index contributed by atoms with van der Waals surface area (Å²) in [5, 5.41) is 8.57. The van der Waals surface area contributed by atoms with Crippen LogP contribution in [0.2, 0.25) is 0 Å². The second kappa shape index (κ2) is 6.75. The monoisotopic (exact) mass is 189 g/mol. The molecule has 0 unspecified atom stereocenters. The fourth-order valence-electron chi connectivity index (χ4n) is 1.54. The van der Waals surface area contributed by atoms with E-state index < -0.39 is 0 Å². The highest BCUT2D eigenvalue weighted by Crippen LogP contribution is 2.09. The largest absolute Gasteiger partial charge is 0.396 e. The topological polar surface area (TPSA) is 23.5 Å². The van der Waals surface area contributed by atoms with Crippen LogP contribution in [0.3, 0.4) is 0 Å². The van der Waals surface area contributed by atoms with E-state index in [1.807, 2.05) is 11.8 Å². The first kappa shape index (κ1) is 10.4. The summed E-state index contributed by atoms with van der Waals surface area (Å²) >= 11 is 1.86. The molecular formula is C9H19NOS. The van der Waals surface area contributed by atoms with Crippen LogP contribution >= 0.6 is 11.8 Å². The second-order valence-electron chi connectivity index (χ2n) is 3.24. The van der Waals surface area contributed by atoms with Gasteiger partial charge in [0.05, 0.1) is 6.61 Å². The zero-order chi connectivity index (χ0) is 8.65. The van der Waals surface area contributed by atoms with Crippen LogP contribution in [0.4, 0.5) is 0 Å². The van der Waals surface area contributed by atoms with Gasteiger partial charge in [0.15, 0.2) is 0 Å². The van der Waals surface area contributed by atoms with E-state index in [2.05, 4.69) is 4.90 Å². The summed E-state index contributed by atoms with van der Waals surface area (Å²) in [5.41, 5.74) is 0. The molecule has 0 aromatic heterocycles. The zero-order valence-electron chi connectivity index (χ0n) is 7.67. The highest BCUT2D eigenvalue weighted by atomic mass is 32.2. The molecule has 1 saturated heterocycles. The van der Waals surface area contributed by atoms with E-state index in [0.29, 0.717) is 6.61 Å². The number of aliphatic hydroxyl groups is 1. The fourth-order valence-corrected chi connectivity index (χ4v) is 2.26. The van der Waals surface area contributed by atoms with Gasteiger partial charge in [-0.1, -0.05) is 6.42 Å². The van der Waals surface area contributed by atoms with Gasteiger partial charge in [-0.3, -0.25) is 0 Å². The van der Waals surface area contributed by atoms with Gasteiger partial charge in [0.1, 0.15) is 0 Å². The van der Waals surface area contributed by atoms with Crippen LogP contribution in [0.1, 0.15) is 19.3 Å². The molecule has 0 atom stereocenters. The van der Waals surface area contributed by atoms with Gasteiger partial charge in [-0.15, -0.1) is 0 Å². The van der Waals surface area contributed by atoms with Crippen molar-refractivity contribution < 1.29 is 5.11 Å². The van der Waals surface area contributed by atoms with Crippen molar-refractivity contribution in [3.8, 4) is 0 Å². The first-order valence-electron chi connectivity index (χ1n) is 4.84. The van der Waals surface area contributed by atoms with Gasteiger partial charge in [0.25, 0.3) is 0 Å². The van der Waals surface area contributed by atoms with Gasteiger partial charge >= 0.3 is 0 Å². The van der Waals surface area contributed by atoms with E-state index in [0.717, 1.165) is 5.75 Å². The summed E-state index contributed by atoms with van der Waals surface area (Å²) in [6.45, 7) is 4.12. The van der Waals surface area contributed by atoms with Crippen LogP contribution in [0.25, 0.3) is 0 Å². The number of likely N-dealkylation sites (tertiary alicyclic amines) is 1. The lowest BCUT2D eigenvalue weighted by Gasteiger charge is -2.25. The van der Waals surface area contributed by atoms with Crippen LogP contribution in [0.15, 0.2) is 0 Å². The van der Waals surface area contributed by atoms with Gasteiger partial charge in [-0.25, -0.2) is 0 Å². The number of hydrogen-bond acceptors (Lipinski definition) is 3. The Labute approximate surface area is 79.3 Å². The molecule has 1 N–H and O–H groups in total. The third-order valence-corrected chi connectivity index (χ3v) is 3.18. The van der Waals surface area contributed by atoms with Gasteiger partial charge in [0, 0.05) is 18.1 Å². The summed E-state index contributed by atoms with van der Waals surface area (Å²) in [5.74, 6) is 2.08. The van der Waals surface area contributed by atoms with Crippen LogP contribution < -0.4 is 0 Å². The van der Waals surface area contributed by atoms with E-state index in [1.165, 1.54) is 44.6 Å². The summed E-state index contributed by atoms with van der Waals surface area (Å²) in [6.07, 6.45) is 4.18. The Morgan fingerprint density at radius 2 is 1.83 bits per heavy atom. The van der Waals surface area contributed by atoms with Crippen molar-refractivity contribution in [1.29, 1.82) is 0 Å². The van der Waals surface area contributed by atoms with Crippen molar-refractivity contribution in [1.82, 2.24) is 4.90 Å². The predicted molar refractivity (Wildman–Crippen MR) is 54.7 cm³/mol. The molecule has 1 fully saturated rings. The normalized spacial score (nSPS) is 19.8. The minimum Gasteiger partial charge on any atom is -0.396 e. The molecule has 0 amide bonds. The van der Waals surface area contributed by atoms with E-state index in [-0.39, 0.29) is 0 Å². The number of nitrogens with zero attached hydrogens (tertiary/aromatic N) is 1. The summed E-state index contributed by atoms with van der Waals surface area (Å²) in [6, 6.07) is 0. The molecule has 2 nitrogen and oxygen atoms in total. The van der Waals surface area contributed by atoms with Crippen LogP contribution in [0, 0.1) is 0 Å². The highest BCUT2D eigenvalue weighted by molar-refractivity contribution is 7.99. The average molecular weight is 189 g/mol. The molecule has 1 aliphatic heterocycles. The summed E-state index contributed by atoms with van der Waals surface area (Å²) in [7, 11) is 0. The van der Waals surface area contributed by atoms with E-state index >= 15 is 0 Å². The Bertz CT molecular complexity index is 105. The van der Waals surface area contributed by atoms with Crippen LogP contribution in [0.5, 0.6) is 0 Å². The number of thioether (sulfide) groups is 1. The highest BCUT2D eigenvalue weighted by Gasteiger charge is 2.08. The second-order valence-corrected chi connectivity index (χ2v) is 4.46. The van der Waals surface area contributed by atoms with Crippen molar-refractivity contribution in [2.45, 2.75) is 19.3 Å². The quantitative estimate of drug-likeness (QED) is 0.657. The van der Waals surface area contributed by atoms with E-state index in [4.69, 9.17) is 5.11 Å². The van der Waals surface area contributed by atoms with E-state index in [9.17, 15) is 0 Å². The van der Waals surface area contributed by atoms with Crippen molar-refractivity contribution in [3.63, 3.8) is 0 Å². The minimum absolute atomic E-state index is 0.324. The Kier molecular flexibility index (Phi) is 5.82. The molecule has 0 aromatic rings. The predicted octanol–water partition coefficient (Wildman–Crippen LogP) is 1.20. The molecule has 1 rings (SSSR count). The number of aliphatic hydroxyl groups excluding tert-OH is 1. The molecule has 72 valence electrons. The molecular weight excluding hydrogens is 170 g/mol. The number of piperidine rings is 1. The zero-order valence-corrected chi connectivity index (χ0v) is 8.48. The molecule has 0 bridgehead atoms. The van der Waals surface area contributed by atoms with Crippen LogP contribution in [-0.4, -0.2) is 47.8 Å². The molecule has 0 spiro atoms. The molecule has 1 aliphatic rings. The maximum absolute atomic E-state index is 8.57. The van der Waals surface area contributed by atoms with E-state index in [1.54, 1.807) is 0 Å². The molecule has 0 radical (unpaired) electrons. The van der Waals surface area contributed by atoms with Crippen LogP contribution in [-0.2, 0) is 0 Å². The van der Waals surface area contributed by atoms with Crippen molar-refractivity contribution in [2.75, 3.05) is 37.7 Å². The first-order valence-corrected chi connectivity index (χ1v) is 6.00. The Morgan fingerprint density at radius 1 is 1.08 bits per heavy atom. The Balaban J connectivity index is 1.91. The number of hydrogen-bond donors (Lipinski definition) is 1. The lowest BCUT2D eigenvalue weighted by atomic mass is 10.1. The van der Waals surface area contributed by atoms with Gasteiger partial charge in [-0.2, -0.15) is 11.8 Å². The van der Waals surface area contributed by atoms with Gasteiger partial charge < -0.3 is 10.0 Å². The summed E-state index contributed by atoms with van der Waals surface area (Å²) in [4.78, 5) is 2.54. The lowest BCUT2D eigenvalue weighted by Crippen LogP contribution is -2.31. The van der Waals surface area contributed by atoms with Gasteiger partial charge in [0.2, 0.25) is 0 Å². The SMILES string of the molecule is OCCSCCN1CCCCC1. The molecule has 0 aromatic carbocycles. The van der Waals surface area contributed by atoms with Crippen molar-refractivity contribution >= 4 is 11.8 Å². The Hall–Kier alpha value is 0.270. The summed E-state index contributed by atoms with van der Waals surface area (Å²) < 4.78 is 0. The lowest BCUT2D eigenvalue weighted by molar-refractivity contribution is 0.242. The third kappa shape index (κ3) is 4.33. The minimum atomic E-state index is 0.324. The third-order valence-electron chi connectivity index (χ3n) is 2.24. The first-order chi connectivity index (χ1) is 5.93. The maximum atomic E-state index is 8.57. The smallest absolute Gasteiger partial charge is 0.0521 e. The molecule has 1 heterocycles. The standard InChI is InChI=1S/C9H19NOS/c11-7-9-12-8-6-10-4-2-1-3-5-10/h11H,1-9H2. The maximum Gasteiger partial charge on any atom is 0.0521 e. The molecule has 12 heavy (non-hydrogen) atoms. The number of rotatable bonds is 5. The Morgan fingerprint density at radius 3 is 2.50 bits per heavy atom. The van der Waals surface area contributed by atoms with Crippen molar-refractivity contribution in [3.05, 3.63) is 0 Å². The fraction of sp³-hybridized carbons (Fsp3) is 1.00. The van der Waals surface area contributed by atoms with Crippen molar-refractivity contribution in [2.24, 2.45) is 0 Å². The molecule has 3 heteroatoms. The van der Waals surface area contributed by atoms with Gasteiger partial charge in [-0.05, 0) is 25.9 Å². The molecule has 0 saturated carbocycles. The molecule has 0 aliphatic carbocycles.